The summed E-state index contributed by atoms with van der Waals surface area (Å²) in [6, 6.07) is 2.90. The molecule has 0 aliphatic heterocycles. The highest BCUT2D eigenvalue weighted by molar-refractivity contribution is 7.89. The summed E-state index contributed by atoms with van der Waals surface area (Å²) in [6.45, 7) is 1.78. The maximum atomic E-state index is 12.2. The first kappa shape index (κ1) is 17.3. The number of methoxy groups -OCH3 is 2. The smallest absolute Gasteiger partial charge is 0.321 e. The van der Waals surface area contributed by atoms with Crippen LogP contribution in [0.4, 0.5) is 0 Å². The van der Waals surface area contributed by atoms with E-state index in [4.69, 9.17) is 14.6 Å². The molecule has 0 saturated carbocycles. The topological polar surface area (TPSA) is 102 Å². The van der Waals surface area contributed by atoms with Gasteiger partial charge in [-0.3, -0.25) is 4.79 Å². The third-order valence-corrected chi connectivity index (χ3v) is 4.31. The van der Waals surface area contributed by atoms with Crippen LogP contribution in [0.5, 0.6) is 11.5 Å². The zero-order valence-corrected chi connectivity index (χ0v) is 12.9. The van der Waals surface area contributed by atoms with Gasteiger partial charge < -0.3 is 14.6 Å². The fraction of sp³-hybridized carbons (Fsp3) is 0.462. The van der Waals surface area contributed by atoms with Gasteiger partial charge in [-0.15, -0.1) is 0 Å². The Morgan fingerprint density at radius 1 is 1.29 bits per heavy atom. The van der Waals surface area contributed by atoms with Crippen molar-refractivity contribution in [3.8, 4) is 11.5 Å². The van der Waals surface area contributed by atoms with Crippen LogP contribution >= 0.6 is 0 Å². The zero-order valence-electron chi connectivity index (χ0n) is 12.1. The fourth-order valence-corrected chi connectivity index (χ4v) is 3.00. The van der Waals surface area contributed by atoms with Gasteiger partial charge in [0.15, 0.2) is 11.5 Å². The van der Waals surface area contributed by atoms with E-state index in [1.165, 1.54) is 32.4 Å². The van der Waals surface area contributed by atoms with Crippen molar-refractivity contribution in [2.24, 2.45) is 0 Å². The Morgan fingerprint density at radius 2 is 1.90 bits per heavy atom. The molecule has 1 aromatic carbocycles. The number of carboxylic acids is 1. The molecule has 1 rings (SSSR count). The summed E-state index contributed by atoms with van der Waals surface area (Å²) in [4.78, 5) is 11.0. The van der Waals surface area contributed by atoms with Gasteiger partial charge in [0.1, 0.15) is 6.04 Å². The summed E-state index contributed by atoms with van der Waals surface area (Å²) in [5.74, 6) is -0.566. The van der Waals surface area contributed by atoms with Crippen molar-refractivity contribution in [2.45, 2.75) is 30.7 Å². The predicted molar refractivity (Wildman–Crippen MR) is 76.2 cm³/mol. The first-order valence-corrected chi connectivity index (χ1v) is 7.81. The average molecular weight is 317 g/mol. The van der Waals surface area contributed by atoms with Gasteiger partial charge in [0.25, 0.3) is 0 Å². The number of hydrogen-bond acceptors (Lipinski definition) is 5. The minimum absolute atomic E-state index is 0.0810. The predicted octanol–water partition coefficient (Wildman–Crippen LogP) is 1.24. The number of hydrogen-bond donors (Lipinski definition) is 2. The second-order valence-corrected chi connectivity index (χ2v) is 6.03. The van der Waals surface area contributed by atoms with Crippen molar-refractivity contribution in [3.63, 3.8) is 0 Å². The number of rotatable bonds is 8. The van der Waals surface area contributed by atoms with Crippen molar-refractivity contribution >= 4 is 16.0 Å². The summed E-state index contributed by atoms with van der Waals surface area (Å²) >= 11 is 0. The summed E-state index contributed by atoms with van der Waals surface area (Å²) < 4.78 is 36.7. The van der Waals surface area contributed by atoms with Crippen LogP contribution in [0.1, 0.15) is 19.8 Å². The van der Waals surface area contributed by atoms with E-state index in [2.05, 4.69) is 4.72 Å². The van der Waals surface area contributed by atoms with E-state index < -0.39 is 22.0 Å². The van der Waals surface area contributed by atoms with Crippen LogP contribution in [-0.4, -0.2) is 39.8 Å². The van der Waals surface area contributed by atoms with Gasteiger partial charge in [-0.2, -0.15) is 4.72 Å². The quantitative estimate of drug-likeness (QED) is 0.748. The molecule has 0 aromatic heterocycles. The monoisotopic (exact) mass is 317 g/mol. The lowest BCUT2D eigenvalue weighted by atomic mass is 10.2. The molecule has 0 radical (unpaired) electrons. The van der Waals surface area contributed by atoms with Gasteiger partial charge in [-0.05, 0) is 18.6 Å². The molecule has 0 aliphatic rings. The number of benzene rings is 1. The number of ether oxygens (including phenoxy) is 2. The van der Waals surface area contributed by atoms with Crippen molar-refractivity contribution < 1.29 is 27.8 Å². The number of carboxylic acid groups (broad SMARTS) is 1. The maximum Gasteiger partial charge on any atom is 0.321 e. The Hall–Kier alpha value is -1.80. The van der Waals surface area contributed by atoms with E-state index >= 15 is 0 Å². The molecule has 1 unspecified atom stereocenters. The van der Waals surface area contributed by atoms with Gasteiger partial charge in [0.2, 0.25) is 10.0 Å². The third-order valence-electron chi connectivity index (χ3n) is 2.84. The first-order chi connectivity index (χ1) is 9.85. The minimum Gasteiger partial charge on any atom is -0.493 e. The molecule has 8 heteroatoms. The fourth-order valence-electron chi connectivity index (χ4n) is 1.76. The molecular formula is C13H19NO6S. The van der Waals surface area contributed by atoms with Crippen LogP contribution in [0.15, 0.2) is 23.1 Å². The van der Waals surface area contributed by atoms with Crippen LogP contribution in [0, 0.1) is 0 Å². The van der Waals surface area contributed by atoms with Crippen molar-refractivity contribution in [3.05, 3.63) is 18.2 Å². The molecule has 21 heavy (non-hydrogen) atoms. The van der Waals surface area contributed by atoms with E-state index in [1.54, 1.807) is 6.92 Å². The van der Waals surface area contributed by atoms with E-state index in [0.29, 0.717) is 12.2 Å². The molecule has 0 saturated heterocycles. The molecule has 0 amide bonds. The molecular weight excluding hydrogens is 298 g/mol. The molecule has 0 spiro atoms. The lowest BCUT2D eigenvalue weighted by Gasteiger charge is -2.15. The van der Waals surface area contributed by atoms with Crippen molar-refractivity contribution in [2.75, 3.05) is 14.2 Å². The van der Waals surface area contributed by atoms with Gasteiger partial charge in [0, 0.05) is 6.07 Å². The van der Waals surface area contributed by atoms with E-state index in [-0.39, 0.29) is 17.1 Å². The molecule has 7 nitrogen and oxygen atoms in total. The van der Waals surface area contributed by atoms with Crippen LogP contribution in [0.25, 0.3) is 0 Å². The minimum atomic E-state index is -3.95. The Balaban J connectivity index is 3.10. The van der Waals surface area contributed by atoms with Crippen LogP contribution in [0.2, 0.25) is 0 Å². The summed E-state index contributed by atoms with van der Waals surface area (Å²) in [5.41, 5.74) is 0. The highest BCUT2D eigenvalue weighted by Crippen LogP contribution is 2.29. The van der Waals surface area contributed by atoms with Crippen LogP contribution in [-0.2, 0) is 14.8 Å². The van der Waals surface area contributed by atoms with E-state index in [9.17, 15) is 13.2 Å². The highest BCUT2D eigenvalue weighted by atomic mass is 32.2. The molecule has 0 bridgehead atoms. The standard InChI is InChI=1S/C13H19NO6S/c1-4-5-10(13(15)16)14-21(17,18)9-6-7-11(19-2)12(8-9)20-3/h6-8,10,14H,4-5H2,1-3H3,(H,15,16). The van der Waals surface area contributed by atoms with Gasteiger partial charge in [-0.1, -0.05) is 13.3 Å². The summed E-state index contributed by atoms with van der Waals surface area (Å²) in [5, 5.41) is 9.03. The Bertz CT molecular complexity index is 599. The van der Waals surface area contributed by atoms with Crippen molar-refractivity contribution in [1.29, 1.82) is 0 Å². The van der Waals surface area contributed by atoms with Gasteiger partial charge in [-0.25, -0.2) is 8.42 Å². The highest BCUT2D eigenvalue weighted by Gasteiger charge is 2.25. The number of aliphatic carboxylic acids is 1. The number of carbonyl (C=O) groups is 1. The molecule has 0 aliphatic carbocycles. The lowest BCUT2D eigenvalue weighted by Crippen LogP contribution is -2.40. The summed E-state index contributed by atoms with van der Waals surface area (Å²) in [6.07, 6.45) is 0.757. The van der Waals surface area contributed by atoms with Crippen molar-refractivity contribution in [1.82, 2.24) is 4.72 Å². The largest absolute Gasteiger partial charge is 0.493 e. The zero-order chi connectivity index (χ0) is 16.0. The number of nitrogens with one attached hydrogen (secondary N) is 1. The average Bonchev–Trinajstić information content (AvgIpc) is 2.45. The lowest BCUT2D eigenvalue weighted by molar-refractivity contribution is -0.139. The molecule has 1 aromatic rings. The normalized spacial score (nSPS) is 12.7. The van der Waals surface area contributed by atoms with Gasteiger partial charge >= 0.3 is 5.97 Å². The molecule has 118 valence electrons. The van der Waals surface area contributed by atoms with E-state index in [1.807, 2.05) is 0 Å². The SMILES string of the molecule is CCCC(NS(=O)(=O)c1ccc(OC)c(OC)c1)C(=O)O. The Labute approximate surface area is 123 Å². The molecule has 2 N–H and O–H groups in total. The Kier molecular flexibility index (Phi) is 5.98. The second kappa shape index (κ2) is 7.28. The van der Waals surface area contributed by atoms with Crippen LogP contribution < -0.4 is 14.2 Å². The van der Waals surface area contributed by atoms with Gasteiger partial charge in [0.05, 0.1) is 19.1 Å². The molecule has 1 atom stereocenters. The maximum absolute atomic E-state index is 12.2. The second-order valence-electron chi connectivity index (χ2n) is 4.32. The number of sulfonamides is 1. The third kappa shape index (κ3) is 4.33. The summed E-state index contributed by atoms with van der Waals surface area (Å²) in [7, 11) is -1.13. The molecule has 0 fully saturated rings. The Morgan fingerprint density at radius 3 is 2.38 bits per heavy atom. The first-order valence-electron chi connectivity index (χ1n) is 6.32. The van der Waals surface area contributed by atoms with E-state index in [0.717, 1.165) is 0 Å². The molecule has 0 heterocycles. The van der Waals surface area contributed by atoms with Crippen LogP contribution in [0.3, 0.4) is 0 Å².